The zero-order chi connectivity index (χ0) is 13.2. The monoisotopic (exact) mass is 280 g/mol. The minimum absolute atomic E-state index is 0.353. The molecule has 0 radical (unpaired) electrons. The zero-order valence-electron chi connectivity index (χ0n) is 11.7. The third kappa shape index (κ3) is 3.48. The number of rotatable bonds is 4. The van der Waals surface area contributed by atoms with E-state index in [0.29, 0.717) is 11.3 Å². The van der Waals surface area contributed by atoms with Crippen LogP contribution in [0.25, 0.3) is 0 Å². The number of hydrogen-bond donors (Lipinski definition) is 1. The summed E-state index contributed by atoms with van der Waals surface area (Å²) in [5.41, 5.74) is 3.50. The van der Waals surface area contributed by atoms with Gasteiger partial charge in [0, 0.05) is 10.6 Å². The van der Waals surface area contributed by atoms with E-state index >= 15 is 0 Å². The van der Waals surface area contributed by atoms with E-state index in [4.69, 9.17) is 0 Å². The minimum Gasteiger partial charge on any atom is -0.179 e. The van der Waals surface area contributed by atoms with Crippen LogP contribution in [0, 0.1) is 11.3 Å². The summed E-state index contributed by atoms with van der Waals surface area (Å²) in [7, 11) is 0. The summed E-state index contributed by atoms with van der Waals surface area (Å²) in [6.07, 6.45) is 3.89. The molecule has 100 valence electrons. The van der Waals surface area contributed by atoms with Gasteiger partial charge in [0.25, 0.3) is 0 Å². The lowest BCUT2D eigenvalue weighted by atomic mass is 9.83. The van der Waals surface area contributed by atoms with Crippen molar-refractivity contribution in [3.63, 3.8) is 0 Å². The molecule has 0 amide bonds. The molecule has 0 aliphatic heterocycles. The summed E-state index contributed by atoms with van der Waals surface area (Å²) in [6, 6.07) is 7.04. The maximum absolute atomic E-state index is 4.51. The van der Waals surface area contributed by atoms with Crippen LogP contribution in [0.2, 0.25) is 0 Å². The van der Waals surface area contributed by atoms with E-state index in [1.807, 2.05) is 11.8 Å². The Morgan fingerprint density at radius 1 is 1.22 bits per heavy atom. The zero-order valence-corrected chi connectivity index (χ0v) is 13.4. The molecule has 0 saturated heterocycles. The average molecular weight is 281 g/mol. The van der Waals surface area contributed by atoms with E-state index in [1.165, 1.54) is 29.9 Å². The second-order valence-electron chi connectivity index (χ2n) is 6.34. The second kappa shape index (κ2) is 5.92. The highest BCUT2D eigenvalue weighted by Crippen LogP contribution is 2.34. The van der Waals surface area contributed by atoms with Gasteiger partial charge < -0.3 is 0 Å². The Balaban J connectivity index is 1.98. The summed E-state index contributed by atoms with van der Waals surface area (Å²) >= 11 is 6.50. The normalized spacial score (nSPS) is 16.7. The number of thioether (sulfide) groups is 1. The van der Waals surface area contributed by atoms with E-state index < -0.39 is 0 Å². The smallest absolute Gasteiger partial charge is 0.00749 e. The Bertz CT molecular complexity index is 404. The number of fused-ring (bicyclic) bond motifs is 1. The quantitative estimate of drug-likeness (QED) is 0.607. The highest BCUT2D eigenvalue weighted by molar-refractivity contribution is 7.99. The van der Waals surface area contributed by atoms with E-state index in [9.17, 15) is 0 Å². The predicted molar refractivity (Wildman–Crippen MR) is 86.0 cm³/mol. The Morgan fingerprint density at radius 2 is 1.94 bits per heavy atom. The topological polar surface area (TPSA) is 0 Å². The Hall–Kier alpha value is -0.0800. The second-order valence-corrected chi connectivity index (χ2v) is 7.80. The van der Waals surface area contributed by atoms with Gasteiger partial charge in [-0.1, -0.05) is 26.8 Å². The van der Waals surface area contributed by atoms with Crippen LogP contribution in [-0.2, 0) is 12.8 Å². The van der Waals surface area contributed by atoms with Gasteiger partial charge in [-0.2, -0.15) is 12.6 Å². The van der Waals surface area contributed by atoms with Gasteiger partial charge in [-0.3, -0.25) is 0 Å². The molecule has 0 fully saturated rings. The van der Waals surface area contributed by atoms with Gasteiger partial charge in [-0.15, -0.1) is 11.8 Å². The van der Waals surface area contributed by atoms with Crippen molar-refractivity contribution in [1.82, 2.24) is 0 Å². The molecule has 0 aromatic heterocycles. The van der Waals surface area contributed by atoms with Crippen molar-refractivity contribution in [3.05, 3.63) is 29.3 Å². The summed E-state index contributed by atoms with van der Waals surface area (Å²) in [4.78, 5) is 1.44. The first-order valence-corrected chi connectivity index (χ1v) is 8.48. The first kappa shape index (κ1) is 14.3. The fourth-order valence-corrected chi connectivity index (χ4v) is 4.66. The van der Waals surface area contributed by atoms with Crippen molar-refractivity contribution in [2.45, 2.75) is 44.9 Å². The molecule has 0 nitrogen and oxygen atoms in total. The van der Waals surface area contributed by atoms with E-state index in [2.05, 4.69) is 51.6 Å². The third-order valence-corrected chi connectivity index (χ3v) is 5.56. The van der Waals surface area contributed by atoms with Crippen LogP contribution >= 0.6 is 24.4 Å². The largest absolute Gasteiger partial charge is 0.179 e. The lowest BCUT2D eigenvalue weighted by Crippen LogP contribution is -2.24. The van der Waals surface area contributed by atoms with Crippen molar-refractivity contribution in [2.24, 2.45) is 11.3 Å². The first-order valence-electron chi connectivity index (χ1n) is 6.86. The number of thiol groups is 1. The molecular formula is C16H24S2. The molecule has 0 bridgehead atoms. The van der Waals surface area contributed by atoms with Crippen molar-refractivity contribution in [1.29, 1.82) is 0 Å². The number of aryl methyl sites for hydroxylation is 2. The van der Waals surface area contributed by atoms with Crippen LogP contribution in [-0.4, -0.2) is 11.5 Å². The molecule has 2 heteroatoms. The lowest BCUT2D eigenvalue weighted by Gasteiger charge is -2.29. The molecule has 0 heterocycles. The summed E-state index contributed by atoms with van der Waals surface area (Å²) in [5, 5.41) is 0. The highest BCUT2D eigenvalue weighted by Gasteiger charge is 2.23. The van der Waals surface area contributed by atoms with Gasteiger partial charge in [-0.25, -0.2) is 0 Å². The Labute approximate surface area is 121 Å². The number of benzene rings is 1. The van der Waals surface area contributed by atoms with Crippen LogP contribution in [0.5, 0.6) is 0 Å². The molecule has 1 aromatic rings. The van der Waals surface area contributed by atoms with Crippen molar-refractivity contribution in [3.8, 4) is 0 Å². The SMILES string of the molecule is CC(C)(C)C(CS)CSc1ccc2c(c1)CCC2. The summed E-state index contributed by atoms with van der Waals surface area (Å²) in [6.45, 7) is 6.95. The van der Waals surface area contributed by atoms with Crippen LogP contribution in [0.3, 0.4) is 0 Å². The Kier molecular flexibility index (Phi) is 4.71. The molecule has 1 atom stereocenters. The average Bonchev–Trinajstić information content (AvgIpc) is 2.75. The molecule has 0 spiro atoms. The molecule has 0 saturated carbocycles. The van der Waals surface area contributed by atoms with Gasteiger partial charge >= 0.3 is 0 Å². The maximum atomic E-state index is 4.51. The van der Waals surface area contributed by atoms with Crippen molar-refractivity contribution < 1.29 is 0 Å². The molecule has 1 aromatic carbocycles. The molecule has 1 aliphatic rings. The molecule has 1 unspecified atom stereocenters. The van der Waals surface area contributed by atoms with Gasteiger partial charge in [0.1, 0.15) is 0 Å². The summed E-state index contributed by atoms with van der Waals surface area (Å²) in [5.74, 6) is 2.81. The number of hydrogen-bond acceptors (Lipinski definition) is 2. The maximum Gasteiger partial charge on any atom is 0.00749 e. The molecule has 18 heavy (non-hydrogen) atoms. The van der Waals surface area contributed by atoms with E-state index in [-0.39, 0.29) is 0 Å². The van der Waals surface area contributed by atoms with E-state index in [0.717, 1.165) is 5.75 Å². The van der Waals surface area contributed by atoms with Crippen LogP contribution in [0.4, 0.5) is 0 Å². The third-order valence-electron chi connectivity index (χ3n) is 3.97. The predicted octanol–water partition coefficient (Wildman–Crippen LogP) is 4.86. The van der Waals surface area contributed by atoms with Crippen LogP contribution < -0.4 is 0 Å². The highest BCUT2D eigenvalue weighted by atomic mass is 32.2. The summed E-state index contributed by atoms with van der Waals surface area (Å²) < 4.78 is 0. The molecule has 0 N–H and O–H groups in total. The van der Waals surface area contributed by atoms with Gasteiger partial charge in [-0.05, 0) is 59.6 Å². The van der Waals surface area contributed by atoms with Gasteiger partial charge in [0.2, 0.25) is 0 Å². The minimum atomic E-state index is 0.353. The molecule has 2 rings (SSSR count). The lowest BCUT2D eigenvalue weighted by molar-refractivity contribution is 0.294. The van der Waals surface area contributed by atoms with Gasteiger partial charge in [0.15, 0.2) is 0 Å². The first-order chi connectivity index (χ1) is 8.50. The fourth-order valence-electron chi connectivity index (χ4n) is 2.41. The van der Waals surface area contributed by atoms with Crippen LogP contribution in [0.15, 0.2) is 23.1 Å². The van der Waals surface area contributed by atoms with Crippen molar-refractivity contribution >= 4 is 24.4 Å². The van der Waals surface area contributed by atoms with E-state index in [1.54, 1.807) is 11.1 Å². The molecule has 1 aliphatic carbocycles. The Morgan fingerprint density at radius 3 is 2.61 bits per heavy atom. The van der Waals surface area contributed by atoms with Gasteiger partial charge in [0.05, 0.1) is 0 Å². The standard InChI is InChI=1S/C16H24S2/c1-16(2,3)14(10-17)11-18-15-8-7-12-5-4-6-13(12)9-15/h7-9,14,17H,4-6,10-11H2,1-3H3. The van der Waals surface area contributed by atoms with Crippen molar-refractivity contribution in [2.75, 3.05) is 11.5 Å². The molecular weight excluding hydrogens is 256 g/mol. The fraction of sp³-hybridized carbons (Fsp3) is 0.625. The van der Waals surface area contributed by atoms with Crippen LogP contribution in [0.1, 0.15) is 38.3 Å².